The highest BCUT2D eigenvalue weighted by Gasteiger charge is 2.28. The van der Waals surface area contributed by atoms with Crippen LogP contribution >= 0.6 is 0 Å². The predicted molar refractivity (Wildman–Crippen MR) is 78.9 cm³/mol. The van der Waals surface area contributed by atoms with Crippen LogP contribution in [0.1, 0.15) is 19.3 Å². The molecule has 0 aromatic carbocycles. The van der Waals surface area contributed by atoms with E-state index in [9.17, 15) is 24.0 Å². The minimum Gasteiger partial charge on any atom is -0.481 e. The van der Waals surface area contributed by atoms with Gasteiger partial charge in [-0.05, 0) is 19.4 Å². The van der Waals surface area contributed by atoms with Crippen LogP contribution in [0.2, 0.25) is 0 Å². The van der Waals surface area contributed by atoms with Crippen molar-refractivity contribution in [3.05, 3.63) is 0 Å². The van der Waals surface area contributed by atoms with Crippen molar-refractivity contribution >= 4 is 29.7 Å². The third-order valence-electron chi connectivity index (χ3n) is 3.25. The van der Waals surface area contributed by atoms with Crippen LogP contribution in [-0.4, -0.2) is 71.6 Å². The van der Waals surface area contributed by atoms with Crippen molar-refractivity contribution in [3.8, 4) is 0 Å². The summed E-state index contributed by atoms with van der Waals surface area (Å²) in [4.78, 5) is 56.4. The molecule has 24 heavy (non-hydrogen) atoms. The Balaban J connectivity index is 2.51. The van der Waals surface area contributed by atoms with Crippen molar-refractivity contribution < 1.29 is 34.2 Å². The lowest BCUT2D eigenvalue weighted by Crippen LogP contribution is -2.53. The van der Waals surface area contributed by atoms with Gasteiger partial charge < -0.3 is 31.5 Å². The van der Waals surface area contributed by atoms with E-state index < -0.39 is 61.3 Å². The van der Waals surface area contributed by atoms with Gasteiger partial charge in [0, 0.05) is 0 Å². The van der Waals surface area contributed by atoms with E-state index in [1.54, 1.807) is 0 Å². The fourth-order valence-corrected chi connectivity index (χ4v) is 2.09. The van der Waals surface area contributed by atoms with Crippen LogP contribution in [0.25, 0.3) is 0 Å². The number of nitrogens with one attached hydrogen (secondary N) is 4. The Hall–Kier alpha value is -2.69. The molecule has 2 unspecified atom stereocenters. The summed E-state index contributed by atoms with van der Waals surface area (Å²) in [5.41, 5.74) is 0. The molecule has 134 valence electrons. The molecule has 1 fully saturated rings. The van der Waals surface area contributed by atoms with E-state index in [4.69, 9.17) is 10.2 Å². The molecule has 0 aromatic rings. The summed E-state index contributed by atoms with van der Waals surface area (Å²) in [5, 5.41) is 26.7. The molecule has 6 N–H and O–H groups in total. The molecular formula is C13H20N4O7. The van der Waals surface area contributed by atoms with Crippen molar-refractivity contribution in [2.45, 2.75) is 31.3 Å². The summed E-state index contributed by atoms with van der Waals surface area (Å²) in [5.74, 6) is -4.60. The van der Waals surface area contributed by atoms with Gasteiger partial charge in [0.1, 0.15) is 12.6 Å². The van der Waals surface area contributed by atoms with Gasteiger partial charge in [-0.25, -0.2) is 0 Å². The van der Waals surface area contributed by atoms with Gasteiger partial charge in [0.2, 0.25) is 17.7 Å². The maximum atomic E-state index is 12.0. The van der Waals surface area contributed by atoms with Crippen LogP contribution in [0.5, 0.6) is 0 Å². The zero-order chi connectivity index (χ0) is 18.1. The van der Waals surface area contributed by atoms with Crippen molar-refractivity contribution in [2.75, 3.05) is 19.6 Å². The second kappa shape index (κ2) is 9.45. The van der Waals surface area contributed by atoms with E-state index in [2.05, 4.69) is 16.0 Å². The Morgan fingerprint density at radius 3 is 2.29 bits per heavy atom. The van der Waals surface area contributed by atoms with Crippen molar-refractivity contribution in [1.82, 2.24) is 21.3 Å². The first kappa shape index (κ1) is 19.4. The third kappa shape index (κ3) is 7.05. The van der Waals surface area contributed by atoms with Gasteiger partial charge in [-0.2, -0.15) is 0 Å². The van der Waals surface area contributed by atoms with E-state index in [-0.39, 0.29) is 0 Å². The van der Waals surface area contributed by atoms with Crippen molar-refractivity contribution in [2.24, 2.45) is 0 Å². The zero-order valence-corrected chi connectivity index (χ0v) is 12.8. The molecule has 1 rings (SSSR count). The predicted octanol–water partition coefficient (Wildman–Crippen LogP) is -2.99. The third-order valence-corrected chi connectivity index (χ3v) is 3.25. The number of rotatable bonds is 9. The van der Waals surface area contributed by atoms with Crippen LogP contribution in [-0.2, 0) is 24.0 Å². The molecule has 0 aliphatic carbocycles. The summed E-state index contributed by atoms with van der Waals surface area (Å²) < 4.78 is 0. The Kier molecular flexibility index (Phi) is 7.62. The van der Waals surface area contributed by atoms with Gasteiger partial charge in [-0.15, -0.1) is 0 Å². The van der Waals surface area contributed by atoms with Gasteiger partial charge in [-0.1, -0.05) is 0 Å². The number of carbonyl (C=O) groups is 5. The number of carboxylic acid groups (broad SMARTS) is 2. The van der Waals surface area contributed by atoms with Gasteiger partial charge in [0.05, 0.1) is 19.0 Å². The average molecular weight is 344 g/mol. The Labute approximate surface area is 137 Å². The number of amides is 3. The van der Waals surface area contributed by atoms with Crippen molar-refractivity contribution in [1.29, 1.82) is 0 Å². The first-order valence-corrected chi connectivity index (χ1v) is 7.31. The molecule has 0 saturated carbocycles. The van der Waals surface area contributed by atoms with Crippen LogP contribution in [0.3, 0.4) is 0 Å². The van der Waals surface area contributed by atoms with Crippen LogP contribution in [0, 0.1) is 0 Å². The first-order chi connectivity index (χ1) is 11.3. The molecule has 1 aliphatic rings. The minimum absolute atomic E-state index is 0.479. The molecule has 3 amide bonds. The monoisotopic (exact) mass is 344 g/mol. The molecule has 0 spiro atoms. The van der Waals surface area contributed by atoms with E-state index in [0.717, 1.165) is 6.42 Å². The van der Waals surface area contributed by atoms with Gasteiger partial charge in [0.15, 0.2) is 0 Å². The SMILES string of the molecule is O=C(O)CNC(=O)CNC(=O)C(CC(=O)O)NC(=O)C1CCCN1. The van der Waals surface area contributed by atoms with Crippen LogP contribution < -0.4 is 21.3 Å². The van der Waals surface area contributed by atoms with Gasteiger partial charge in [-0.3, -0.25) is 24.0 Å². The fraction of sp³-hybridized carbons (Fsp3) is 0.615. The average Bonchev–Trinajstić information content (AvgIpc) is 3.03. The van der Waals surface area contributed by atoms with Crippen LogP contribution in [0.15, 0.2) is 0 Å². The normalized spacial score (nSPS) is 17.6. The number of carbonyl (C=O) groups excluding carboxylic acids is 3. The molecule has 1 heterocycles. The Morgan fingerprint density at radius 1 is 1.04 bits per heavy atom. The van der Waals surface area contributed by atoms with E-state index in [1.165, 1.54) is 0 Å². The van der Waals surface area contributed by atoms with Crippen molar-refractivity contribution in [3.63, 3.8) is 0 Å². The lowest BCUT2D eigenvalue weighted by molar-refractivity contribution is -0.141. The summed E-state index contributed by atoms with van der Waals surface area (Å²) in [6.45, 7) is -0.464. The summed E-state index contributed by atoms with van der Waals surface area (Å²) >= 11 is 0. The summed E-state index contributed by atoms with van der Waals surface area (Å²) in [6, 6.07) is -1.81. The van der Waals surface area contributed by atoms with Gasteiger partial charge in [0.25, 0.3) is 0 Å². The molecular weight excluding hydrogens is 324 g/mol. The molecule has 11 nitrogen and oxygen atoms in total. The zero-order valence-electron chi connectivity index (χ0n) is 12.8. The highest BCUT2D eigenvalue weighted by Crippen LogP contribution is 2.05. The smallest absolute Gasteiger partial charge is 0.322 e. The second-order valence-corrected chi connectivity index (χ2v) is 5.20. The fourth-order valence-electron chi connectivity index (χ4n) is 2.09. The lowest BCUT2D eigenvalue weighted by atomic mass is 10.1. The summed E-state index contributed by atoms with van der Waals surface area (Å²) in [6.07, 6.45) is 0.753. The molecule has 1 aliphatic heterocycles. The Bertz CT molecular complexity index is 516. The van der Waals surface area contributed by atoms with E-state index in [0.29, 0.717) is 13.0 Å². The highest BCUT2D eigenvalue weighted by atomic mass is 16.4. The van der Waals surface area contributed by atoms with E-state index in [1.807, 2.05) is 5.32 Å². The summed E-state index contributed by atoms with van der Waals surface area (Å²) in [7, 11) is 0. The molecule has 2 atom stereocenters. The minimum atomic E-state index is -1.33. The standard InChI is InChI=1S/C13H20N4O7/c18-9(15-6-11(21)22)5-16-12(23)8(4-10(19)20)17-13(24)7-2-1-3-14-7/h7-8,14H,1-6H2,(H,15,18)(H,16,23)(H,17,24)(H,19,20)(H,21,22). The largest absolute Gasteiger partial charge is 0.481 e. The number of hydrogen-bond donors (Lipinski definition) is 6. The molecule has 0 aromatic heterocycles. The first-order valence-electron chi connectivity index (χ1n) is 7.31. The van der Waals surface area contributed by atoms with Gasteiger partial charge >= 0.3 is 11.9 Å². The maximum Gasteiger partial charge on any atom is 0.322 e. The Morgan fingerprint density at radius 2 is 1.75 bits per heavy atom. The quantitative estimate of drug-likeness (QED) is 0.257. The molecule has 1 saturated heterocycles. The lowest BCUT2D eigenvalue weighted by Gasteiger charge is -2.19. The number of hydrogen-bond acceptors (Lipinski definition) is 6. The molecule has 0 bridgehead atoms. The van der Waals surface area contributed by atoms with E-state index >= 15 is 0 Å². The maximum absolute atomic E-state index is 12.0. The molecule has 11 heteroatoms. The molecule has 0 radical (unpaired) electrons. The number of carboxylic acids is 2. The number of aliphatic carboxylic acids is 2. The second-order valence-electron chi connectivity index (χ2n) is 5.20. The van der Waals surface area contributed by atoms with Crippen LogP contribution in [0.4, 0.5) is 0 Å². The highest BCUT2D eigenvalue weighted by molar-refractivity contribution is 5.94. The topological polar surface area (TPSA) is 174 Å².